The maximum Gasteiger partial charge on any atom is 0.124 e. The number of aryl methyl sites for hydroxylation is 2. The molecule has 0 amide bonds. The Labute approximate surface area is 285 Å². The van der Waals surface area contributed by atoms with E-state index in [0.29, 0.717) is 35.6 Å². The molecule has 48 heavy (non-hydrogen) atoms. The summed E-state index contributed by atoms with van der Waals surface area (Å²) < 4.78 is 0. The molecule has 8 heteroatoms. The van der Waals surface area contributed by atoms with Gasteiger partial charge in [0.1, 0.15) is 11.5 Å². The van der Waals surface area contributed by atoms with Gasteiger partial charge in [0.2, 0.25) is 0 Å². The molecule has 250 valence electrons. The minimum Gasteiger partial charge on any atom is -0.507 e. The molecular formula is C40H48N6O2. The van der Waals surface area contributed by atoms with Gasteiger partial charge >= 0.3 is 0 Å². The molecule has 0 atom stereocenters. The Balaban J connectivity index is 1.25. The first-order valence-corrected chi connectivity index (χ1v) is 17.2. The highest BCUT2D eigenvalue weighted by atomic mass is 16.3. The summed E-state index contributed by atoms with van der Waals surface area (Å²) in [5.74, 6) is 0.228. The van der Waals surface area contributed by atoms with E-state index < -0.39 is 0 Å². The van der Waals surface area contributed by atoms with Crippen molar-refractivity contribution in [2.75, 3.05) is 13.1 Å². The third-order valence-corrected chi connectivity index (χ3v) is 7.91. The van der Waals surface area contributed by atoms with Crippen molar-refractivity contribution in [3.8, 4) is 11.5 Å². The van der Waals surface area contributed by atoms with Gasteiger partial charge in [0.05, 0.1) is 35.8 Å². The van der Waals surface area contributed by atoms with Crippen LogP contribution in [0.4, 0.5) is 22.7 Å². The van der Waals surface area contributed by atoms with Gasteiger partial charge < -0.3 is 10.2 Å². The van der Waals surface area contributed by atoms with Gasteiger partial charge in [-0.1, -0.05) is 76.6 Å². The summed E-state index contributed by atoms with van der Waals surface area (Å²) in [4.78, 5) is 8.81. The van der Waals surface area contributed by atoms with Crippen molar-refractivity contribution in [1.29, 1.82) is 0 Å². The number of azo groups is 2. The molecule has 0 radical (unpaired) electrons. The Bertz CT molecular complexity index is 1540. The van der Waals surface area contributed by atoms with Crippen molar-refractivity contribution in [2.45, 2.75) is 78.1 Å². The molecule has 0 aliphatic carbocycles. The van der Waals surface area contributed by atoms with E-state index in [9.17, 15) is 10.2 Å². The minimum atomic E-state index is 0.114. The van der Waals surface area contributed by atoms with Crippen LogP contribution in [0.3, 0.4) is 0 Å². The standard InChI is InChI=1S/C40H48N6O2/c1-3-5-7-9-11-31-13-17-35(18-14-31)43-45-37-21-23-39(47)33(27-37)29-41-25-26-42-30-34-28-38(22-24-40(34)48)46-44-36-19-15-32(16-20-36)12-10-8-6-4-2/h13-24,27-30,47-48H,3-12,25-26H2,1-2H3. The zero-order valence-electron chi connectivity index (χ0n) is 28.3. The van der Waals surface area contributed by atoms with Gasteiger partial charge in [0.15, 0.2) is 0 Å². The van der Waals surface area contributed by atoms with Gasteiger partial charge in [-0.3, -0.25) is 9.98 Å². The van der Waals surface area contributed by atoms with Crippen molar-refractivity contribution in [1.82, 2.24) is 0 Å². The lowest BCUT2D eigenvalue weighted by Gasteiger charge is -2.02. The highest BCUT2D eigenvalue weighted by molar-refractivity contribution is 5.85. The lowest BCUT2D eigenvalue weighted by Crippen LogP contribution is -1.91. The Morgan fingerprint density at radius 2 is 0.833 bits per heavy atom. The number of phenolic OH excluding ortho intramolecular Hbond substituents is 2. The molecular weight excluding hydrogens is 596 g/mol. The summed E-state index contributed by atoms with van der Waals surface area (Å²) >= 11 is 0. The van der Waals surface area contributed by atoms with Gasteiger partial charge in [-0.2, -0.15) is 20.5 Å². The van der Waals surface area contributed by atoms with Gasteiger partial charge in [-0.05, 0) is 97.5 Å². The number of nitrogens with zero attached hydrogens (tertiary/aromatic N) is 6. The van der Waals surface area contributed by atoms with E-state index >= 15 is 0 Å². The summed E-state index contributed by atoms with van der Waals surface area (Å²) in [5, 5.41) is 38.0. The largest absolute Gasteiger partial charge is 0.507 e. The van der Waals surface area contributed by atoms with Gasteiger partial charge in [0, 0.05) is 23.6 Å². The molecule has 0 aliphatic heterocycles. The molecule has 0 fully saturated rings. The quantitative estimate of drug-likeness (QED) is 0.0600. The molecule has 4 aromatic carbocycles. The number of aromatic hydroxyl groups is 2. The topological polar surface area (TPSA) is 115 Å². The molecule has 2 N–H and O–H groups in total. The summed E-state index contributed by atoms with van der Waals surface area (Å²) in [5.41, 5.74) is 6.54. The molecule has 0 aliphatic rings. The van der Waals surface area contributed by atoms with Crippen LogP contribution in [0.15, 0.2) is 115 Å². The molecule has 0 bridgehead atoms. The SMILES string of the molecule is CCCCCCc1ccc(N=Nc2ccc(O)c(C=NCCN=Cc3cc(N=Nc4ccc(CCCCCC)cc4)ccc3O)c2)cc1. The van der Waals surface area contributed by atoms with E-state index in [1.165, 1.54) is 62.5 Å². The second kappa shape index (κ2) is 20.3. The lowest BCUT2D eigenvalue weighted by atomic mass is 10.1. The van der Waals surface area contributed by atoms with Crippen molar-refractivity contribution < 1.29 is 10.2 Å². The van der Waals surface area contributed by atoms with Crippen molar-refractivity contribution in [3.63, 3.8) is 0 Å². The number of hydrogen-bond acceptors (Lipinski definition) is 8. The highest BCUT2D eigenvalue weighted by Gasteiger charge is 2.03. The predicted octanol–water partition coefficient (Wildman–Crippen LogP) is 11.7. The summed E-state index contributed by atoms with van der Waals surface area (Å²) in [7, 11) is 0. The average molecular weight is 645 g/mol. The minimum absolute atomic E-state index is 0.114. The molecule has 4 aromatic rings. The number of aliphatic imine (C=N–C) groups is 2. The Kier molecular flexibility index (Phi) is 15.2. The zero-order valence-corrected chi connectivity index (χ0v) is 28.3. The van der Waals surface area contributed by atoms with E-state index in [2.05, 4.69) is 68.6 Å². The number of rotatable bonds is 19. The van der Waals surface area contributed by atoms with Gasteiger partial charge in [-0.25, -0.2) is 0 Å². The monoisotopic (exact) mass is 644 g/mol. The molecule has 0 unspecified atom stereocenters. The van der Waals surface area contributed by atoms with Gasteiger partial charge in [-0.15, -0.1) is 0 Å². The molecule has 0 saturated heterocycles. The van der Waals surface area contributed by atoms with Crippen LogP contribution in [0, 0.1) is 0 Å². The van der Waals surface area contributed by atoms with Crippen LogP contribution >= 0.6 is 0 Å². The first-order chi connectivity index (χ1) is 23.5. The first-order valence-electron chi connectivity index (χ1n) is 17.2. The van der Waals surface area contributed by atoms with Crippen LogP contribution in [0.2, 0.25) is 0 Å². The Hall–Kier alpha value is -4.98. The third kappa shape index (κ3) is 12.7. The molecule has 0 saturated carbocycles. The predicted molar refractivity (Wildman–Crippen MR) is 198 cm³/mol. The molecule has 0 spiro atoms. The molecule has 0 heterocycles. The second-order valence-electron chi connectivity index (χ2n) is 11.9. The molecule has 8 nitrogen and oxygen atoms in total. The first kappa shape index (κ1) is 35.9. The average Bonchev–Trinajstić information content (AvgIpc) is 3.11. The number of hydrogen-bond donors (Lipinski definition) is 2. The summed E-state index contributed by atoms with van der Waals surface area (Å²) in [6.45, 7) is 5.26. The van der Waals surface area contributed by atoms with Crippen LogP contribution < -0.4 is 0 Å². The summed E-state index contributed by atoms with van der Waals surface area (Å²) in [6.07, 6.45) is 15.4. The van der Waals surface area contributed by atoms with Crippen LogP contribution in [0.5, 0.6) is 11.5 Å². The van der Waals surface area contributed by atoms with E-state index in [1.54, 1.807) is 48.8 Å². The van der Waals surface area contributed by atoms with Gasteiger partial charge in [0.25, 0.3) is 0 Å². The number of benzene rings is 4. The van der Waals surface area contributed by atoms with Crippen molar-refractivity contribution in [3.05, 3.63) is 107 Å². The van der Waals surface area contributed by atoms with Crippen LogP contribution in [-0.2, 0) is 12.8 Å². The smallest absolute Gasteiger partial charge is 0.124 e. The maximum absolute atomic E-state index is 10.3. The van der Waals surface area contributed by atoms with E-state index in [1.807, 2.05) is 24.3 Å². The van der Waals surface area contributed by atoms with Crippen LogP contribution in [0.25, 0.3) is 0 Å². The fourth-order valence-corrected chi connectivity index (χ4v) is 5.06. The zero-order chi connectivity index (χ0) is 33.8. The maximum atomic E-state index is 10.3. The van der Waals surface area contributed by atoms with Crippen molar-refractivity contribution in [2.24, 2.45) is 30.4 Å². The summed E-state index contributed by atoms with van der Waals surface area (Å²) in [6, 6.07) is 26.5. The molecule has 4 rings (SSSR count). The fourth-order valence-electron chi connectivity index (χ4n) is 5.06. The number of unbranched alkanes of at least 4 members (excludes halogenated alkanes) is 6. The van der Waals surface area contributed by atoms with E-state index in [4.69, 9.17) is 0 Å². The Morgan fingerprint density at radius 3 is 1.23 bits per heavy atom. The fraction of sp³-hybridized carbons (Fsp3) is 0.350. The Morgan fingerprint density at radius 1 is 0.458 bits per heavy atom. The lowest BCUT2D eigenvalue weighted by molar-refractivity contribution is 0.474. The second-order valence-corrected chi connectivity index (χ2v) is 11.9. The van der Waals surface area contributed by atoms with Crippen molar-refractivity contribution >= 4 is 35.2 Å². The normalized spacial score (nSPS) is 12.0. The number of phenols is 2. The van der Waals surface area contributed by atoms with Crippen LogP contribution in [-0.4, -0.2) is 35.7 Å². The molecule has 0 aromatic heterocycles. The van der Waals surface area contributed by atoms with E-state index in [-0.39, 0.29) is 11.5 Å². The third-order valence-electron chi connectivity index (χ3n) is 7.91. The highest BCUT2D eigenvalue weighted by Crippen LogP contribution is 2.26. The van der Waals surface area contributed by atoms with E-state index in [0.717, 1.165) is 24.2 Å². The van der Waals surface area contributed by atoms with Crippen LogP contribution in [0.1, 0.15) is 87.5 Å².